The maximum atomic E-state index is 9.36. The molecule has 0 heterocycles. The summed E-state index contributed by atoms with van der Waals surface area (Å²) in [6.45, 7) is 5.80. The van der Waals surface area contributed by atoms with Crippen molar-refractivity contribution in [1.29, 1.82) is 0 Å². The normalized spacial score (nSPS) is 15.5. The van der Waals surface area contributed by atoms with Gasteiger partial charge in [-0.05, 0) is 37.5 Å². The van der Waals surface area contributed by atoms with Gasteiger partial charge >= 0.3 is 0 Å². The summed E-state index contributed by atoms with van der Waals surface area (Å²) in [6, 6.07) is 5.72. The lowest BCUT2D eigenvalue weighted by Gasteiger charge is -2.18. The van der Waals surface area contributed by atoms with E-state index in [1.54, 1.807) is 6.92 Å². The van der Waals surface area contributed by atoms with E-state index >= 15 is 0 Å². The lowest BCUT2D eigenvalue weighted by Crippen LogP contribution is -2.24. The molecule has 0 aliphatic rings. The fourth-order valence-corrected chi connectivity index (χ4v) is 1.39. The van der Waals surface area contributed by atoms with Gasteiger partial charge in [0.15, 0.2) is 0 Å². The average molecular weight is 179 g/mol. The summed E-state index contributed by atoms with van der Waals surface area (Å²) < 4.78 is 0. The first kappa shape index (κ1) is 10.2. The Morgan fingerprint density at radius 2 is 1.92 bits per heavy atom. The zero-order chi connectivity index (χ0) is 10.0. The van der Waals surface area contributed by atoms with E-state index in [4.69, 9.17) is 5.73 Å². The first-order valence-electron chi connectivity index (χ1n) is 4.53. The average Bonchev–Trinajstić information content (AvgIpc) is 2.08. The second kappa shape index (κ2) is 3.90. The largest absolute Gasteiger partial charge is 0.391 e. The molecule has 3 N–H and O–H groups in total. The highest BCUT2D eigenvalue weighted by Gasteiger charge is 2.14. The Labute approximate surface area is 79.4 Å². The summed E-state index contributed by atoms with van der Waals surface area (Å²) in [5.74, 6) is 0. The van der Waals surface area contributed by atoms with Crippen molar-refractivity contribution in [2.45, 2.75) is 32.9 Å². The topological polar surface area (TPSA) is 46.2 Å². The van der Waals surface area contributed by atoms with E-state index < -0.39 is 6.10 Å². The maximum Gasteiger partial charge on any atom is 0.0704 e. The zero-order valence-corrected chi connectivity index (χ0v) is 8.41. The lowest BCUT2D eigenvalue weighted by atomic mass is 9.95. The van der Waals surface area contributed by atoms with Crippen LogP contribution in [-0.2, 0) is 0 Å². The van der Waals surface area contributed by atoms with Gasteiger partial charge < -0.3 is 10.8 Å². The first-order chi connectivity index (χ1) is 6.04. The predicted molar refractivity (Wildman–Crippen MR) is 54.5 cm³/mol. The highest BCUT2D eigenvalue weighted by Crippen LogP contribution is 2.20. The summed E-state index contributed by atoms with van der Waals surface area (Å²) in [5.41, 5.74) is 9.29. The minimum Gasteiger partial charge on any atom is -0.391 e. The Morgan fingerprint density at radius 1 is 1.31 bits per heavy atom. The number of nitrogens with two attached hydrogens (primary N) is 1. The van der Waals surface area contributed by atoms with E-state index in [-0.39, 0.29) is 6.04 Å². The van der Waals surface area contributed by atoms with E-state index in [1.807, 2.05) is 32.0 Å². The van der Waals surface area contributed by atoms with Gasteiger partial charge in [0.25, 0.3) is 0 Å². The number of hydrogen-bond donors (Lipinski definition) is 2. The van der Waals surface area contributed by atoms with Gasteiger partial charge in [-0.15, -0.1) is 0 Å². The van der Waals surface area contributed by atoms with Gasteiger partial charge in [0.05, 0.1) is 12.1 Å². The molecule has 0 radical (unpaired) electrons. The van der Waals surface area contributed by atoms with E-state index in [2.05, 4.69) is 0 Å². The van der Waals surface area contributed by atoms with Crippen LogP contribution in [0.1, 0.15) is 29.7 Å². The molecule has 0 aliphatic heterocycles. The number of aryl methyl sites for hydroxylation is 1. The molecule has 2 atom stereocenters. The van der Waals surface area contributed by atoms with Crippen LogP contribution in [0, 0.1) is 13.8 Å². The Balaban J connectivity index is 3.07. The fourth-order valence-electron chi connectivity index (χ4n) is 1.39. The molecule has 1 aromatic rings. The molecule has 0 aliphatic carbocycles. The van der Waals surface area contributed by atoms with Crippen molar-refractivity contribution in [3.8, 4) is 0 Å². The van der Waals surface area contributed by atoms with Crippen molar-refractivity contribution < 1.29 is 5.11 Å². The summed E-state index contributed by atoms with van der Waals surface area (Å²) in [7, 11) is 0. The third-order valence-corrected chi connectivity index (χ3v) is 2.53. The molecule has 0 saturated carbocycles. The van der Waals surface area contributed by atoms with E-state index in [0.717, 1.165) is 5.56 Å². The van der Waals surface area contributed by atoms with E-state index in [9.17, 15) is 5.11 Å². The van der Waals surface area contributed by atoms with Crippen LogP contribution in [0.3, 0.4) is 0 Å². The first-order valence-corrected chi connectivity index (χ1v) is 4.53. The molecule has 0 saturated heterocycles. The Morgan fingerprint density at radius 3 is 2.46 bits per heavy atom. The predicted octanol–water partition coefficient (Wildman–Crippen LogP) is 1.68. The van der Waals surface area contributed by atoms with Crippen LogP contribution < -0.4 is 5.73 Å². The highest BCUT2D eigenvalue weighted by molar-refractivity contribution is 5.35. The van der Waals surface area contributed by atoms with Gasteiger partial charge in [0.2, 0.25) is 0 Å². The summed E-state index contributed by atoms with van der Waals surface area (Å²) in [5, 5.41) is 9.36. The van der Waals surface area contributed by atoms with Gasteiger partial charge in [-0.2, -0.15) is 0 Å². The number of hydrogen-bond acceptors (Lipinski definition) is 2. The molecule has 2 nitrogen and oxygen atoms in total. The standard InChI is InChI=1S/C11H17NO/c1-7-5-4-6-10(8(7)2)11(12)9(3)13/h4-6,9,11,13H,12H2,1-3H3/t9?,11-/m1/s1. The molecule has 1 rings (SSSR count). The van der Waals surface area contributed by atoms with Crippen LogP contribution in [0.25, 0.3) is 0 Å². The highest BCUT2D eigenvalue weighted by atomic mass is 16.3. The molecule has 72 valence electrons. The SMILES string of the molecule is Cc1cccc([C@H](N)C(C)O)c1C. The quantitative estimate of drug-likeness (QED) is 0.725. The van der Waals surface area contributed by atoms with E-state index in [0.29, 0.717) is 0 Å². The molecule has 1 aromatic carbocycles. The molecular formula is C11H17NO. The minimum absolute atomic E-state index is 0.278. The second-order valence-corrected chi connectivity index (χ2v) is 3.56. The summed E-state index contributed by atoms with van der Waals surface area (Å²) in [4.78, 5) is 0. The van der Waals surface area contributed by atoms with Crippen molar-refractivity contribution in [2.24, 2.45) is 5.73 Å². The van der Waals surface area contributed by atoms with Crippen LogP contribution in [0.2, 0.25) is 0 Å². The van der Waals surface area contributed by atoms with Gasteiger partial charge in [0, 0.05) is 0 Å². The molecule has 0 aromatic heterocycles. The zero-order valence-electron chi connectivity index (χ0n) is 8.41. The van der Waals surface area contributed by atoms with Crippen LogP contribution in [0.5, 0.6) is 0 Å². The smallest absolute Gasteiger partial charge is 0.0704 e. The minimum atomic E-state index is -0.500. The molecular weight excluding hydrogens is 162 g/mol. The Kier molecular flexibility index (Phi) is 3.07. The van der Waals surface area contributed by atoms with Crippen molar-refractivity contribution in [2.75, 3.05) is 0 Å². The summed E-state index contributed by atoms with van der Waals surface area (Å²) >= 11 is 0. The second-order valence-electron chi connectivity index (χ2n) is 3.56. The van der Waals surface area contributed by atoms with Crippen molar-refractivity contribution in [1.82, 2.24) is 0 Å². The van der Waals surface area contributed by atoms with Crippen LogP contribution in [0.15, 0.2) is 18.2 Å². The number of aliphatic hydroxyl groups is 1. The molecule has 13 heavy (non-hydrogen) atoms. The maximum absolute atomic E-state index is 9.36. The molecule has 0 bridgehead atoms. The number of rotatable bonds is 2. The van der Waals surface area contributed by atoms with Crippen LogP contribution >= 0.6 is 0 Å². The molecule has 1 unspecified atom stereocenters. The van der Waals surface area contributed by atoms with Gasteiger partial charge in [-0.3, -0.25) is 0 Å². The monoisotopic (exact) mass is 179 g/mol. The van der Waals surface area contributed by atoms with Gasteiger partial charge in [-0.1, -0.05) is 18.2 Å². The molecule has 2 heteroatoms. The van der Waals surface area contributed by atoms with Gasteiger partial charge in [-0.25, -0.2) is 0 Å². The van der Waals surface area contributed by atoms with E-state index in [1.165, 1.54) is 11.1 Å². The van der Waals surface area contributed by atoms with Crippen LogP contribution in [0.4, 0.5) is 0 Å². The third-order valence-electron chi connectivity index (χ3n) is 2.53. The molecule has 0 amide bonds. The molecule has 0 spiro atoms. The number of benzene rings is 1. The fraction of sp³-hybridized carbons (Fsp3) is 0.455. The molecule has 0 fully saturated rings. The van der Waals surface area contributed by atoms with Crippen molar-refractivity contribution in [3.05, 3.63) is 34.9 Å². The Bertz CT molecular complexity index is 294. The lowest BCUT2D eigenvalue weighted by molar-refractivity contribution is 0.164. The number of aliphatic hydroxyl groups excluding tert-OH is 1. The van der Waals surface area contributed by atoms with Crippen molar-refractivity contribution in [3.63, 3.8) is 0 Å². The van der Waals surface area contributed by atoms with Crippen LogP contribution in [-0.4, -0.2) is 11.2 Å². The summed E-state index contributed by atoms with van der Waals surface area (Å²) in [6.07, 6.45) is -0.500. The Hall–Kier alpha value is -0.860. The van der Waals surface area contributed by atoms with Gasteiger partial charge in [0.1, 0.15) is 0 Å². The van der Waals surface area contributed by atoms with Crippen molar-refractivity contribution >= 4 is 0 Å². The third kappa shape index (κ3) is 2.08.